The van der Waals surface area contributed by atoms with Crippen LogP contribution >= 0.6 is 11.6 Å². The number of hydrogen-bond acceptors (Lipinski definition) is 5. The molecule has 0 unspecified atom stereocenters. The largest absolute Gasteiger partial charge is 0.333 e. The van der Waals surface area contributed by atoms with E-state index >= 15 is 0 Å². The van der Waals surface area contributed by atoms with Crippen molar-refractivity contribution in [2.75, 3.05) is 0 Å². The van der Waals surface area contributed by atoms with Crippen LogP contribution in [-0.2, 0) is 0 Å². The zero-order chi connectivity index (χ0) is 13.2. The average Bonchev–Trinajstić information content (AvgIpc) is 2.89. The quantitative estimate of drug-likeness (QED) is 0.717. The Morgan fingerprint density at radius 1 is 1.11 bits per heavy atom. The highest BCUT2D eigenvalue weighted by molar-refractivity contribution is 6.30. The fraction of sp³-hybridized carbons (Fsp3) is 0.0769. The molecule has 0 amide bonds. The van der Waals surface area contributed by atoms with Crippen molar-refractivity contribution < 1.29 is 4.52 Å². The highest BCUT2D eigenvalue weighted by atomic mass is 35.5. The Bertz CT molecular complexity index is 709. The van der Waals surface area contributed by atoms with Crippen molar-refractivity contribution >= 4 is 11.6 Å². The van der Waals surface area contributed by atoms with Gasteiger partial charge in [-0.05, 0) is 19.1 Å². The minimum absolute atomic E-state index is 0.384. The predicted octanol–water partition coefficient (Wildman–Crippen LogP) is 3.16. The van der Waals surface area contributed by atoms with Crippen LogP contribution in [-0.4, -0.2) is 20.1 Å². The number of benzene rings is 1. The van der Waals surface area contributed by atoms with Gasteiger partial charge in [-0.25, -0.2) is 9.97 Å². The molecule has 6 heteroatoms. The van der Waals surface area contributed by atoms with E-state index in [1.165, 1.54) is 0 Å². The molecule has 0 saturated carbocycles. The van der Waals surface area contributed by atoms with Gasteiger partial charge in [0, 0.05) is 23.0 Å². The second kappa shape index (κ2) is 4.78. The second-order valence-electron chi connectivity index (χ2n) is 3.95. The topological polar surface area (TPSA) is 64.7 Å². The zero-order valence-corrected chi connectivity index (χ0v) is 10.8. The minimum atomic E-state index is 0.384. The van der Waals surface area contributed by atoms with E-state index in [2.05, 4.69) is 20.1 Å². The third-order valence-electron chi connectivity index (χ3n) is 2.54. The van der Waals surface area contributed by atoms with Gasteiger partial charge in [0.25, 0.3) is 5.89 Å². The summed E-state index contributed by atoms with van der Waals surface area (Å²) in [5.74, 6) is 1.56. The van der Waals surface area contributed by atoms with E-state index in [4.69, 9.17) is 16.1 Å². The summed E-state index contributed by atoms with van der Waals surface area (Å²) in [6.07, 6.45) is 3.30. The summed E-state index contributed by atoms with van der Waals surface area (Å²) < 4.78 is 5.20. The molecule has 0 spiro atoms. The van der Waals surface area contributed by atoms with Gasteiger partial charge in [-0.2, -0.15) is 4.98 Å². The van der Waals surface area contributed by atoms with Crippen LogP contribution in [0.3, 0.4) is 0 Å². The lowest BCUT2D eigenvalue weighted by Gasteiger charge is -1.94. The lowest BCUT2D eigenvalue weighted by Crippen LogP contribution is -1.87. The molecule has 0 aliphatic heterocycles. The Balaban J connectivity index is 1.97. The van der Waals surface area contributed by atoms with Gasteiger partial charge >= 0.3 is 0 Å². The molecule has 19 heavy (non-hydrogen) atoms. The highest BCUT2D eigenvalue weighted by Gasteiger charge is 2.11. The van der Waals surface area contributed by atoms with E-state index in [0.29, 0.717) is 28.1 Å². The number of rotatable bonds is 2. The molecule has 0 aliphatic carbocycles. The number of hydrogen-bond donors (Lipinski definition) is 0. The van der Waals surface area contributed by atoms with Gasteiger partial charge in [0.1, 0.15) is 5.82 Å². The summed E-state index contributed by atoms with van der Waals surface area (Å²) in [4.78, 5) is 12.5. The van der Waals surface area contributed by atoms with Crippen molar-refractivity contribution in [2.24, 2.45) is 0 Å². The molecule has 0 aliphatic rings. The van der Waals surface area contributed by atoms with Crippen molar-refractivity contribution in [3.05, 3.63) is 47.5 Å². The first-order valence-electron chi connectivity index (χ1n) is 5.61. The number of aromatic nitrogens is 4. The van der Waals surface area contributed by atoms with E-state index in [9.17, 15) is 0 Å². The third-order valence-corrected chi connectivity index (χ3v) is 2.77. The molecule has 0 radical (unpaired) electrons. The molecular weight excluding hydrogens is 264 g/mol. The maximum atomic E-state index is 5.93. The van der Waals surface area contributed by atoms with Crippen LogP contribution < -0.4 is 0 Å². The molecule has 0 N–H and O–H groups in total. The zero-order valence-electron chi connectivity index (χ0n) is 10.0. The average molecular weight is 273 g/mol. The lowest BCUT2D eigenvalue weighted by molar-refractivity contribution is 0.432. The number of nitrogens with zero attached hydrogens (tertiary/aromatic N) is 4. The Labute approximate surface area is 114 Å². The van der Waals surface area contributed by atoms with Gasteiger partial charge in [0.2, 0.25) is 5.82 Å². The summed E-state index contributed by atoms with van der Waals surface area (Å²) >= 11 is 5.93. The van der Waals surface area contributed by atoms with Crippen molar-refractivity contribution in [3.8, 4) is 22.8 Å². The first-order chi connectivity index (χ1) is 9.22. The van der Waals surface area contributed by atoms with Crippen LogP contribution in [0.2, 0.25) is 5.02 Å². The second-order valence-corrected chi connectivity index (χ2v) is 4.39. The van der Waals surface area contributed by atoms with Gasteiger partial charge in [-0.1, -0.05) is 28.9 Å². The molecule has 5 nitrogen and oxygen atoms in total. The Kier molecular flexibility index (Phi) is 2.97. The lowest BCUT2D eigenvalue weighted by atomic mass is 10.2. The van der Waals surface area contributed by atoms with Gasteiger partial charge in [0.15, 0.2) is 0 Å². The minimum Gasteiger partial charge on any atom is -0.333 e. The van der Waals surface area contributed by atoms with Crippen LogP contribution in [0.4, 0.5) is 0 Å². The molecule has 2 aromatic heterocycles. The Morgan fingerprint density at radius 3 is 2.63 bits per heavy atom. The summed E-state index contributed by atoms with van der Waals surface area (Å²) in [5, 5.41) is 4.55. The van der Waals surface area contributed by atoms with Gasteiger partial charge in [-0.3, -0.25) is 0 Å². The first-order valence-corrected chi connectivity index (χ1v) is 5.99. The number of halogens is 1. The fourth-order valence-electron chi connectivity index (χ4n) is 1.59. The normalized spacial score (nSPS) is 10.6. The van der Waals surface area contributed by atoms with Crippen LogP contribution in [0.15, 0.2) is 41.2 Å². The standard InChI is InChI=1S/C13H9ClN4O/c1-8-15-6-10(7-16-8)13-17-12(18-19-13)9-3-2-4-11(14)5-9/h2-7H,1H3. The van der Waals surface area contributed by atoms with Crippen molar-refractivity contribution in [3.63, 3.8) is 0 Å². The molecule has 0 saturated heterocycles. The van der Waals surface area contributed by atoms with Crippen LogP contribution in [0.5, 0.6) is 0 Å². The third kappa shape index (κ3) is 2.46. The van der Waals surface area contributed by atoms with Crippen LogP contribution in [0.25, 0.3) is 22.8 Å². The SMILES string of the molecule is Cc1ncc(-c2nc(-c3cccc(Cl)c3)no2)cn1. The molecule has 0 bridgehead atoms. The highest BCUT2D eigenvalue weighted by Crippen LogP contribution is 2.23. The fourth-order valence-corrected chi connectivity index (χ4v) is 1.78. The maximum absolute atomic E-state index is 5.93. The first kappa shape index (κ1) is 11.8. The summed E-state index contributed by atoms with van der Waals surface area (Å²) in [7, 11) is 0. The monoisotopic (exact) mass is 272 g/mol. The van der Waals surface area contributed by atoms with Gasteiger partial charge in [0.05, 0.1) is 5.56 Å². The molecule has 94 valence electrons. The van der Waals surface area contributed by atoms with E-state index in [0.717, 1.165) is 5.56 Å². The Morgan fingerprint density at radius 2 is 1.89 bits per heavy atom. The Hall–Kier alpha value is -2.27. The van der Waals surface area contributed by atoms with Crippen molar-refractivity contribution in [1.29, 1.82) is 0 Å². The van der Waals surface area contributed by atoms with E-state index < -0.39 is 0 Å². The molecule has 0 fully saturated rings. The summed E-state index contributed by atoms with van der Waals surface area (Å²) in [6, 6.07) is 7.27. The van der Waals surface area contributed by atoms with Gasteiger partial charge in [-0.15, -0.1) is 0 Å². The molecule has 1 aromatic carbocycles. The smallest absolute Gasteiger partial charge is 0.261 e. The van der Waals surface area contributed by atoms with E-state index in [1.54, 1.807) is 24.5 Å². The van der Waals surface area contributed by atoms with Crippen molar-refractivity contribution in [2.45, 2.75) is 6.92 Å². The summed E-state index contributed by atoms with van der Waals surface area (Å²) in [5.41, 5.74) is 1.49. The molecule has 3 rings (SSSR count). The molecule has 0 atom stereocenters. The number of aryl methyl sites for hydroxylation is 1. The van der Waals surface area contributed by atoms with E-state index in [-0.39, 0.29) is 0 Å². The molecular formula is C13H9ClN4O. The van der Waals surface area contributed by atoms with Crippen LogP contribution in [0.1, 0.15) is 5.82 Å². The maximum Gasteiger partial charge on any atom is 0.261 e. The molecule has 2 heterocycles. The van der Waals surface area contributed by atoms with Gasteiger partial charge < -0.3 is 4.52 Å². The van der Waals surface area contributed by atoms with E-state index in [1.807, 2.05) is 19.1 Å². The van der Waals surface area contributed by atoms with Crippen LogP contribution in [0, 0.1) is 6.92 Å². The summed E-state index contributed by atoms with van der Waals surface area (Å²) in [6.45, 7) is 1.81. The van der Waals surface area contributed by atoms with Crippen molar-refractivity contribution in [1.82, 2.24) is 20.1 Å². The molecule has 3 aromatic rings. The predicted molar refractivity (Wildman–Crippen MR) is 70.5 cm³/mol.